The second kappa shape index (κ2) is 5.82. The summed E-state index contributed by atoms with van der Waals surface area (Å²) in [5.74, 6) is 0.487. The number of rotatable bonds is 2. The molecule has 8 nitrogen and oxygen atoms in total. The van der Waals surface area contributed by atoms with Gasteiger partial charge in [-0.2, -0.15) is 5.10 Å². The van der Waals surface area contributed by atoms with E-state index in [0.29, 0.717) is 24.5 Å². The summed E-state index contributed by atoms with van der Waals surface area (Å²) < 4.78 is 0. The molecule has 3 heterocycles. The number of anilines is 1. The normalized spacial score (nSPS) is 21.4. The van der Waals surface area contributed by atoms with Crippen molar-refractivity contribution in [3.63, 3.8) is 0 Å². The molecule has 2 aromatic rings. The van der Waals surface area contributed by atoms with Gasteiger partial charge < -0.3 is 10.2 Å². The number of hydrogen-bond acceptors (Lipinski definition) is 4. The lowest BCUT2D eigenvalue weighted by Crippen LogP contribution is -2.39. The first kappa shape index (κ1) is 16.6. The largest absolute Gasteiger partial charge is 0.340 e. The molecule has 2 amide bonds. The molecule has 3 N–H and O–H groups in total. The van der Waals surface area contributed by atoms with E-state index in [2.05, 4.69) is 20.5 Å². The van der Waals surface area contributed by atoms with Gasteiger partial charge in [0.25, 0.3) is 5.91 Å². The third-order valence-electron chi connectivity index (χ3n) is 5.37. The summed E-state index contributed by atoms with van der Waals surface area (Å²) >= 11 is 0. The summed E-state index contributed by atoms with van der Waals surface area (Å²) in [5, 5.41) is 9.24. The van der Waals surface area contributed by atoms with E-state index in [1.807, 2.05) is 19.9 Å². The smallest absolute Gasteiger partial charge is 0.338 e. The molecule has 1 aromatic heterocycles. The fourth-order valence-electron chi connectivity index (χ4n) is 3.75. The molecule has 1 fully saturated rings. The van der Waals surface area contributed by atoms with Crippen molar-refractivity contribution in [1.82, 2.24) is 20.1 Å². The number of aromatic nitrogens is 3. The van der Waals surface area contributed by atoms with Crippen molar-refractivity contribution in [2.45, 2.75) is 38.0 Å². The van der Waals surface area contributed by atoms with E-state index >= 15 is 0 Å². The second-order valence-electron chi connectivity index (χ2n) is 7.49. The van der Waals surface area contributed by atoms with Gasteiger partial charge in [-0.25, -0.2) is 9.89 Å². The molecule has 4 rings (SSSR count). The lowest BCUT2D eigenvalue weighted by atomic mass is 9.85. The zero-order chi connectivity index (χ0) is 18.5. The molecule has 1 atom stereocenters. The lowest BCUT2D eigenvalue weighted by Gasteiger charge is -2.32. The Balaban J connectivity index is 1.57. The maximum absolute atomic E-state index is 13.0. The third kappa shape index (κ3) is 2.61. The van der Waals surface area contributed by atoms with Crippen LogP contribution in [0.2, 0.25) is 0 Å². The van der Waals surface area contributed by atoms with Crippen LogP contribution < -0.4 is 11.0 Å². The number of carbonyl (C=O) groups is 2. The van der Waals surface area contributed by atoms with Crippen LogP contribution in [0.4, 0.5) is 5.69 Å². The Morgan fingerprint density at radius 1 is 1.31 bits per heavy atom. The van der Waals surface area contributed by atoms with Crippen LogP contribution in [0.3, 0.4) is 0 Å². The maximum Gasteiger partial charge on any atom is 0.340 e. The summed E-state index contributed by atoms with van der Waals surface area (Å²) in [7, 11) is 0. The molecular formula is C18H21N5O3. The van der Waals surface area contributed by atoms with Gasteiger partial charge in [-0.3, -0.25) is 14.6 Å². The molecule has 0 saturated carbocycles. The number of benzene rings is 1. The van der Waals surface area contributed by atoms with Crippen LogP contribution in [0.25, 0.3) is 0 Å². The van der Waals surface area contributed by atoms with Gasteiger partial charge in [0, 0.05) is 30.3 Å². The molecule has 1 unspecified atom stereocenters. The van der Waals surface area contributed by atoms with Crippen LogP contribution >= 0.6 is 0 Å². The van der Waals surface area contributed by atoms with Gasteiger partial charge in [-0.05, 0) is 50.5 Å². The molecule has 136 valence electrons. The Morgan fingerprint density at radius 2 is 2.12 bits per heavy atom. The predicted molar refractivity (Wildman–Crippen MR) is 95.2 cm³/mol. The topological polar surface area (TPSA) is 111 Å². The molecule has 0 bridgehead atoms. The zero-order valence-electron chi connectivity index (χ0n) is 14.8. The van der Waals surface area contributed by atoms with Crippen LogP contribution in [0.15, 0.2) is 23.0 Å². The van der Waals surface area contributed by atoms with Crippen molar-refractivity contribution in [2.75, 3.05) is 18.4 Å². The summed E-state index contributed by atoms with van der Waals surface area (Å²) in [6, 6.07) is 5.36. The quantitative estimate of drug-likeness (QED) is 0.755. The number of piperidine rings is 1. The maximum atomic E-state index is 13.0. The SMILES string of the molecule is CC1(C)C(=O)Nc2ccc(C(=O)N3CCCC(c4n[nH]c(=O)[nH]4)C3)cc21. The Labute approximate surface area is 150 Å². The molecule has 1 saturated heterocycles. The number of hydrogen-bond donors (Lipinski definition) is 3. The van der Waals surface area contributed by atoms with Crippen molar-refractivity contribution in [2.24, 2.45) is 0 Å². The van der Waals surface area contributed by atoms with Crippen LogP contribution in [-0.2, 0) is 10.2 Å². The molecular weight excluding hydrogens is 334 g/mol. The number of aromatic amines is 2. The van der Waals surface area contributed by atoms with Crippen molar-refractivity contribution in [1.29, 1.82) is 0 Å². The minimum atomic E-state index is -0.648. The average molecular weight is 355 g/mol. The summed E-state index contributed by atoms with van der Waals surface area (Å²) in [5.41, 5.74) is 1.21. The van der Waals surface area contributed by atoms with Crippen molar-refractivity contribution < 1.29 is 9.59 Å². The molecule has 0 radical (unpaired) electrons. The number of nitrogens with one attached hydrogen (secondary N) is 3. The third-order valence-corrected chi connectivity index (χ3v) is 5.37. The van der Waals surface area contributed by atoms with E-state index in [-0.39, 0.29) is 23.4 Å². The standard InChI is InChI=1S/C18H21N5O3/c1-18(2)12-8-10(5-6-13(12)19-16(18)25)15(24)23-7-3-4-11(9-23)14-20-17(26)22-21-14/h5-6,8,11H,3-4,7,9H2,1-2H3,(H,19,25)(H2,20,21,22,26). The Kier molecular flexibility index (Phi) is 3.71. The number of fused-ring (bicyclic) bond motifs is 1. The first-order valence-electron chi connectivity index (χ1n) is 8.76. The average Bonchev–Trinajstić information content (AvgIpc) is 3.16. The Morgan fingerprint density at radius 3 is 2.85 bits per heavy atom. The van der Waals surface area contributed by atoms with Crippen LogP contribution in [-0.4, -0.2) is 45.0 Å². The highest BCUT2D eigenvalue weighted by Gasteiger charge is 2.39. The Bertz CT molecular complexity index is 942. The fraction of sp³-hybridized carbons (Fsp3) is 0.444. The number of likely N-dealkylation sites (tertiary alicyclic amines) is 1. The van der Waals surface area contributed by atoms with E-state index in [1.54, 1.807) is 17.0 Å². The second-order valence-corrected chi connectivity index (χ2v) is 7.49. The van der Waals surface area contributed by atoms with Crippen molar-refractivity contribution in [3.8, 4) is 0 Å². The molecule has 0 spiro atoms. The van der Waals surface area contributed by atoms with E-state index in [4.69, 9.17) is 0 Å². The van der Waals surface area contributed by atoms with Gasteiger partial charge in [0.2, 0.25) is 5.91 Å². The number of carbonyl (C=O) groups excluding carboxylic acids is 2. The predicted octanol–water partition coefficient (Wildman–Crippen LogP) is 1.35. The van der Waals surface area contributed by atoms with Crippen LogP contribution in [0, 0.1) is 0 Å². The highest BCUT2D eigenvalue weighted by Crippen LogP contribution is 2.38. The number of amides is 2. The lowest BCUT2D eigenvalue weighted by molar-refractivity contribution is -0.119. The van der Waals surface area contributed by atoms with E-state index in [1.165, 1.54) is 0 Å². The zero-order valence-corrected chi connectivity index (χ0v) is 14.8. The van der Waals surface area contributed by atoms with E-state index in [9.17, 15) is 14.4 Å². The molecule has 2 aliphatic heterocycles. The molecule has 8 heteroatoms. The minimum Gasteiger partial charge on any atom is -0.338 e. The molecule has 26 heavy (non-hydrogen) atoms. The van der Waals surface area contributed by atoms with Gasteiger partial charge in [0.15, 0.2) is 0 Å². The van der Waals surface area contributed by atoms with Gasteiger partial charge in [0.05, 0.1) is 5.41 Å². The van der Waals surface area contributed by atoms with Crippen molar-refractivity contribution >= 4 is 17.5 Å². The Hall–Kier alpha value is -2.90. The van der Waals surface area contributed by atoms with Gasteiger partial charge in [-0.1, -0.05) is 0 Å². The summed E-state index contributed by atoms with van der Waals surface area (Å²) in [6.07, 6.45) is 1.72. The fourth-order valence-corrected chi connectivity index (χ4v) is 3.75. The van der Waals surface area contributed by atoms with Crippen LogP contribution in [0.1, 0.15) is 54.4 Å². The van der Waals surface area contributed by atoms with Crippen LogP contribution in [0.5, 0.6) is 0 Å². The van der Waals surface area contributed by atoms with Crippen molar-refractivity contribution in [3.05, 3.63) is 45.6 Å². The summed E-state index contributed by atoms with van der Waals surface area (Å²) in [4.78, 5) is 40.8. The monoisotopic (exact) mass is 355 g/mol. The highest BCUT2D eigenvalue weighted by atomic mass is 16.2. The molecule has 2 aliphatic rings. The summed E-state index contributed by atoms with van der Waals surface area (Å²) in [6.45, 7) is 4.89. The van der Waals surface area contributed by atoms with Gasteiger partial charge in [-0.15, -0.1) is 0 Å². The van der Waals surface area contributed by atoms with E-state index in [0.717, 1.165) is 24.1 Å². The van der Waals surface area contributed by atoms with E-state index < -0.39 is 5.41 Å². The van der Waals surface area contributed by atoms with Gasteiger partial charge in [0.1, 0.15) is 5.82 Å². The molecule has 1 aromatic carbocycles. The molecule has 0 aliphatic carbocycles. The highest BCUT2D eigenvalue weighted by molar-refractivity contribution is 6.07. The first-order valence-corrected chi connectivity index (χ1v) is 8.76. The number of nitrogens with zero attached hydrogens (tertiary/aromatic N) is 2. The number of H-pyrrole nitrogens is 2. The first-order chi connectivity index (χ1) is 12.4. The van der Waals surface area contributed by atoms with Gasteiger partial charge >= 0.3 is 5.69 Å². The minimum absolute atomic E-state index is 0.0146.